The van der Waals surface area contributed by atoms with E-state index in [-0.39, 0.29) is 69.8 Å². The Balaban J connectivity index is 0.000000263. The summed E-state index contributed by atoms with van der Waals surface area (Å²) in [7, 11) is 3.92. The summed E-state index contributed by atoms with van der Waals surface area (Å²) >= 11 is 0. The van der Waals surface area contributed by atoms with Crippen LogP contribution in [0.3, 0.4) is 0 Å². The van der Waals surface area contributed by atoms with Crippen molar-refractivity contribution in [1.82, 2.24) is 0 Å². The molecule has 1 aromatic heterocycles. The first-order chi connectivity index (χ1) is 22.0. The van der Waals surface area contributed by atoms with Crippen molar-refractivity contribution < 1.29 is 79.3 Å². The number of aromatic hydroxyl groups is 5. The number of carboxylic acids is 2. The van der Waals surface area contributed by atoms with Crippen molar-refractivity contribution in [3.8, 4) is 40.1 Å². The molecule has 1 saturated heterocycles. The normalized spacial score (nSPS) is 13.4. The molecule has 0 spiro atoms. The second kappa shape index (κ2) is 20.0. The van der Waals surface area contributed by atoms with Crippen molar-refractivity contribution in [3.63, 3.8) is 0 Å². The summed E-state index contributed by atoms with van der Waals surface area (Å²) in [6.45, 7) is 0. The van der Waals surface area contributed by atoms with Crippen LogP contribution in [0.1, 0.15) is 50.5 Å². The minimum absolute atomic E-state index is 0. The Kier molecular flexibility index (Phi) is 16.9. The Hall–Kier alpha value is -3.49. The van der Waals surface area contributed by atoms with Crippen molar-refractivity contribution in [2.24, 2.45) is 0 Å². The Morgan fingerprint density at radius 2 is 1.60 bits per heavy atom. The van der Waals surface area contributed by atoms with E-state index in [4.69, 9.17) is 9.52 Å². The summed E-state index contributed by atoms with van der Waals surface area (Å²) in [6.07, 6.45) is 6.38. The Bertz CT molecular complexity index is 1670. The molecule has 0 saturated carbocycles. The Morgan fingerprint density at radius 3 is 2.21 bits per heavy atom. The number of benzene rings is 3. The van der Waals surface area contributed by atoms with Crippen molar-refractivity contribution in [1.29, 1.82) is 0 Å². The van der Waals surface area contributed by atoms with Gasteiger partial charge in [-0.2, -0.15) is 0 Å². The molecule has 0 bridgehead atoms. The topological polar surface area (TPSA) is 209 Å². The van der Waals surface area contributed by atoms with Crippen LogP contribution in [0.25, 0.3) is 22.3 Å². The van der Waals surface area contributed by atoms with Gasteiger partial charge >= 0.3 is 35.5 Å². The molecular formula is C33H35NaO11S2. The molecule has 47 heavy (non-hydrogen) atoms. The molecule has 11 nitrogen and oxygen atoms in total. The van der Waals surface area contributed by atoms with Gasteiger partial charge in [0, 0.05) is 41.1 Å². The van der Waals surface area contributed by atoms with Crippen molar-refractivity contribution in [2.45, 2.75) is 56.6 Å². The summed E-state index contributed by atoms with van der Waals surface area (Å²) in [5.74, 6) is -3.07. The van der Waals surface area contributed by atoms with E-state index >= 15 is 0 Å². The molecule has 5 rings (SSSR count). The van der Waals surface area contributed by atoms with Crippen LogP contribution < -0.4 is 40.1 Å². The van der Waals surface area contributed by atoms with Gasteiger partial charge in [-0.25, -0.2) is 0 Å². The fourth-order valence-corrected chi connectivity index (χ4v) is 7.46. The quantitative estimate of drug-likeness (QED) is 0.0611. The molecule has 2 heterocycles. The van der Waals surface area contributed by atoms with E-state index in [0.717, 1.165) is 48.8 Å². The minimum atomic E-state index is -0.967. The molecule has 3 aromatic carbocycles. The zero-order chi connectivity index (χ0) is 33.6. The van der Waals surface area contributed by atoms with E-state index < -0.39 is 34.6 Å². The van der Waals surface area contributed by atoms with E-state index in [1.165, 1.54) is 30.2 Å². The number of hydrogen-bond donors (Lipinski definition) is 6. The number of hydrogen-bond acceptors (Lipinski definition) is 12. The van der Waals surface area contributed by atoms with E-state index in [2.05, 4.69) is 0 Å². The van der Waals surface area contributed by atoms with E-state index in [1.807, 2.05) is 51.9 Å². The molecule has 4 aromatic rings. The van der Waals surface area contributed by atoms with Gasteiger partial charge in [-0.15, -0.1) is 0 Å². The van der Waals surface area contributed by atoms with Gasteiger partial charge in [-0.1, -0.05) is 58.3 Å². The number of carboxylic acid groups (broad SMARTS) is 2. The van der Waals surface area contributed by atoms with Gasteiger partial charge in [0.1, 0.15) is 22.5 Å². The first-order valence-electron chi connectivity index (χ1n) is 14.4. The molecular weight excluding hydrogens is 659 g/mol. The predicted molar refractivity (Wildman–Crippen MR) is 175 cm³/mol. The minimum Gasteiger partial charge on any atom is -0.550 e. The predicted octanol–water partition coefficient (Wildman–Crippen LogP) is 2.54. The molecule has 1 atom stereocenters. The van der Waals surface area contributed by atoms with Crippen LogP contribution in [0.5, 0.6) is 28.7 Å². The number of phenolic OH excluding ortho intramolecular Hbond substituents is 4. The van der Waals surface area contributed by atoms with Gasteiger partial charge in [0.2, 0.25) is 11.2 Å². The third-order valence-electron chi connectivity index (χ3n) is 6.76. The second-order valence-corrected chi connectivity index (χ2v) is 13.1. The average molecular weight is 695 g/mol. The summed E-state index contributed by atoms with van der Waals surface area (Å²) < 4.78 is 5.35. The van der Waals surface area contributed by atoms with Crippen LogP contribution in [0.2, 0.25) is 0 Å². The monoisotopic (exact) mass is 694 g/mol. The fourth-order valence-electron chi connectivity index (χ4n) is 4.43. The molecule has 1 unspecified atom stereocenters. The first-order valence-corrected chi connectivity index (χ1v) is 16.8. The standard InChI is InChI=1S/C15H10O7.C10H12O2.C8H14O2S2.Na/c16-7-4-10(19)12-11(5-7)22-15(14(21)13(12)20)6-1-2-8(17)9(18)3-6;11-10(12)8-4-7-9-5-2-1-3-6-9;9-8(10)4-2-1-3-7-5-6-11-12-7;/h1-5,16-19,21H;1-3,5-6H,4,7-8H2,(H,11,12);7H,1-6H2,(H,9,10);/q;;;+1/p-1. The largest absolute Gasteiger partial charge is 1.00 e. The zero-order valence-corrected chi connectivity index (χ0v) is 29.4. The second-order valence-electron chi connectivity index (χ2n) is 10.3. The number of carbonyl (C=O) groups is 2. The SMILES string of the molecule is O=C(O)CCCCC1CCSS1.O=C([O-])CCCc1ccccc1.O=c1c(O)c(-c2ccc(O)c(O)c2)oc2cc(O)cc(O)c12.[Na+]. The number of aryl methyl sites for hydroxylation is 1. The maximum atomic E-state index is 12.1. The van der Waals surface area contributed by atoms with Crippen LogP contribution in [0.4, 0.5) is 0 Å². The molecule has 0 aliphatic carbocycles. The van der Waals surface area contributed by atoms with Gasteiger partial charge in [-0.3, -0.25) is 9.59 Å². The van der Waals surface area contributed by atoms with Crippen molar-refractivity contribution in [3.05, 3.63) is 76.5 Å². The number of unbranched alkanes of at least 4 members (excludes halogenated alkanes) is 1. The molecule has 1 fully saturated rings. The molecule has 1 aliphatic heterocycles. The summed E-state index contributed by atoms with van der Waals surface area (Å²) in [4.78, 5) is 32.4. The third kappa shape index (κ3) is 12.9. The molecule has 0 amide bonds. The van der Waals surface area contributed by atoms with E-state index in [0.29, 0.717) is 12.8 Å². The number of phenols is 4. The van der Waals surface area contributed by atoms with Crippen molar-refractivity contribution >= 4 is 44.5 Å². The zero-order valence-electron chi connectivity index (χ0n) is 25.8. The molecule has 14 heteroatoms. The van der Waals surface area contributed by atoms with Gasteiger partial charge in [0.25, 0.3) is 0 Å². The fraction of sp³-hybridized carbons (Fsp3) is 0.303. The van der Waals surface area contributed by atoms with Gasteiger partial charge in [0.05, 0.1) is 0 Å². The number of fused-ring (bicyclic) bond motifs is 1. The van der Waals surface area contributed by atoms with Gasteiger partial charge in [-0.05, 0) is 62.3 Å². The van der Waals surface area contributed by atoms with Crippen LogP contribution in [0, 0.1) is 0 Å². The summed E-state index contributed by atoms with van der Waals surface area (Å²) in [5.41, 5.74) is 0.289. The Morgan fingerprint density at radius 1 is 0.872 bits per heavy atom. The average Bonchev–Trinajstić information content (AvgIpc) is 3.53. The van der Waals surface area contributed by atoms with Crippen LogP contribution >= 0.6 is 21.6 Å². The van der Waals surface area contributed by atoms with Crippen LogP contribution in [0.15, 0.2) is 69.9 Å². The van der Waals surface area contributed by atoms with E-state index in [9.17, 15) is 45.0 Å². The number of rotatable bonds is 10. The van der Waals surface area contributed by atoms with Crippen LogP contribution in [-0.4, -0.2) is 53.6 Å². The smallest absolute Gasteiger partial charge is 0.550 e. The maximum absolute atomic E-state index is 12.1. The summed E-state index contributed by atoms with van der Waals surface area (Å²) in [6, 6.07) is 15.5. The Labute approximate surface area is 301 Å². The molecule has 6 N–H and O–H groups in total. The van der Waals surface area contributed by atoms with Gasteiger partial charge < -0.3 is 45.0 Å². The van der Waals surface area contributed by atoms with E-state index in [1.54, 1.807) is 0 Å². The summed E-state index contributed by atoms with van der Waals surface area (Å²) in [5, 5.41) is 66.9. The van der Waals surface area contributed by atoms with Crippen LogP contribution in [-0.2, 0) is 16.0 Å². The number of carbonyl (C=O) groups excluding carboxylic acids is 1. The molecule has 1 aliphatic rings. The first kappa shape index (κ1) is 39.7. The third-order valence-corrected chi connectivity index (χ3v) is 9.76. The van der Waals surface area contributed by atoms with Gasteiger partial charge in [0.15, 0.2) is 17.3 Å². The van der Waals surface area contributed by atoms with Crippen molar-refractivity contribution in [2.75, 3.05) is 5.75 Å². The number of aliphatic carboxylic acids is 2. The maximum Gasteiger partial charge on any atom is 1.00 e. The molecule has 0 radical (unpaired) electrons. The molecule has 246 valence electrons.